The van der Waals surface area contributed by atoms with E-state index < -0.39 is 0 Å². The normalized spacial score (nSPS) is 22.4. The Labute approximate surface area is 145 Å². The van der Waals surface area contributed by atoms with Gasteiger partial charge in [-0.15, -0.1) is 0 Å². The number of hydrogen-bond donors (Lipinski definition) is 0. The number of hydrogen-bond acceptors (Lipinski definition) is 0. The zero-order chi connectivity index (χ0) is 16.7. The lowest BCUT2D eigenvalue weighted by molar-refractivity contribution is 0.573. The van der Waals surface area contributed by atoms with Crippen molar-refractivity contribution in [2.45, 2.75) is 38.5 Å². The molecular formula is C24H23. The van der Waals surface area contributed by atoms with Crippen LogP contribution in [-0.2, 0) is 0 Å². The van der Waals surface area contributed by atoms with Gasteiger partial charge in [0.15, 0.2) is 0 Å². The monoisotopic (exact) mass is 311 g/mol. The maximum atomic E-state index is 3.31. The summed E-state index contributed by atoms with van der Waals surface area (Å²) < 4.78 is 0. The van der Waals surface area contributed by atoms with Gasteiger partial charge in [0.1, 0.15) is 0 Å². The molecule has 0 amide bonds. The molecule has 1 radical (unpaired) electrons. The van der Waals surface area contributed by atoms with Gasteiger partial charge in [-0.1, -0.05) is 84.8 Å². The van der Waals surface area contributed by atoms with Crippen molar-refractivity contribution in [3.05, 3.63) is 106 Å². The smallest absolute Gasteiger partial charge is 0.0167 e. The van der Waals surface area contributed by atoms with Crippen molar-refractivity contribution in [2.75, 3.05) is 0 Å². The van der Waals surface area contributed by atoms with Gasteiger partial charge >= 0.3 is 0 Å². The summed E-state index contributed by atoms with van der Waals surface area (Å²) in [6.45, 7) is 6.68. The third-order valence-corrected chi connectivity index (χ3v) is 5.55. The highest BCUT2D eigenvalue weighted by atomic mass is 14.4. The van der Waals surface area contributed by atoms with Gasteiger partial charge in [-0.05, 0) is 48.1 Å². The molecule has 0 heteroatoms. The van der Waals surface area contributed by atoms with Crippen LogP contribution in [0.1, 0.15) is 58.1 Å². The first-order valence-corrected chi connectivity index (χ1v) is 8.78. The van der Waals surface area contributed by atoms with Crippen LogP contribution in [0.3, 0.4) is 0 Å². The zero-order valence-corrected chi connectivity index (χ0v) is 14.6. The molecular weight excluding hydrogens is 288 g/mol. The molecule has 4 rings (SSSR count). The molecule has 0 aromatic heterocycles. The van der Waals surface area contributed by atoms with Gasteiger partial charge in [-0.25, -0.2) is 0 Å². The highest BCUT2D eigenvalue weighted by Crippen LogP contribution is 2.54. The van der Waals surface area contributed by atoms with Gasteiger partial charge in [0.2, 0.25) is 0 Å². The maximum Gasteiger partial charge on any atom is 0.0167 e. The van der Waals surface area contributed by atoms with Crippen molar-refractivity contribution in [3.63, 3.8) is 0 Å². The summed E-state index contributed by atoms with van der Waals surface area (Å²) in [6.07, 6.45) is 0. The van der Waals surface area contributed by atoms with Crippen LogP contribution in [0, 0.1) is 19.9 Å². The molecule has 0 nitrogen and oxygen atoms in total. The van der Waals surface area contributed by atoms with E-state index in [2.05, 4.69) is 93.6 Å². The largest absolute Gasteiger partial charge is 0.0590 e. The van der Waals surface area contributed by atoms with Crippen LogP contribution in [-0.4, -0.2) is 0 Å². The second kappa shape index (κ2) is 5.94. The van der Waals surface area contributed by atoms with E-state index in [9.17, 15) is 0 Å². The predicted molar refractivity (Wildman–Crippen MR) is 101 cm³/mol. The lowest BCUT2D eigenvalue weighted by Crippen LogP contribution is -2.10. The summed E-state index contributed by atoms with van der Waals surface area (Å²) in [5.41, 5.74) is 8.41. The summed E-state index contributed by atoms with van der Waals surface area (Å²) >= 11 is 0. The molecule has 0 heterocycles. The van der Waals surface area contributed by atoms with Crippen molar-refractivity contribution in [3.8, 4) is 0 Å². The number of fused-ring (bicyclic) bond motifs is 1. The molecule has 0 spiro atoms. The van der Waals surface area contributed by atoms with E-state index in [1.165, 1.54) is 33.4 Å². The van der Waals surface area contributed by atoms with Crippen LogP contribution in [0.4, 0.5) is 0 Å². The van der Waals surface area contributed by atoms with Gasteiger partial charge in [-0.3, -0.25) is 0 Å². The number of rotatable bonds is 2. The molecule has 0 fully saturated rings. The van der Waals surface area contributed by atoms with Crippen LogP contribution >= 0.6 is 0 Å². The fraction of sp³-hybridized carbons (Fsp3) is 0.250. The van der Waals surface area contributed by atoms with Crippen molar-refractivity contribution in [1.82, 2.24) is 0 Å². The van der Waals surface area contributed by atoms with Crippen molar-refractivity contribution < 1.29 is 0 Å². The Morgan fingerprint density at radius 3 is 1.92 bits per heavy atom. The van der Waals surface area contributed by atoms with Crippen molar-refractivity contribution in [1.29, 1.82) is 0 Å². The Morgan fingerprint density at radius 2 is 1.29 bits per heavy atom. The molecule has 1 aliphatic rings. The van der Waals surface area contributed by atoms with Crippen molar-refractivity contribution in [2.24, 2.45) is 0 Å². The van der Waals surface area contributed by atoms with E-state index in [0.29, 0.717) is 17.8 Å². The van der Waals surface area contributed by atoms with Crippen LogP contribution in [0.2, 0.25) is 0 Å². The molecule has 1 aliphatic carbocycles. The summed E-state index contributed by atoms with van der Waals surface area (Å²) in [5, 5.41) is 0. The summed E-state index contributed by atoms with van der Waals surface area (Å²) in [4.78, 5) is 0. The Kier molecular flexibility index (Phi) is 3.76. The average molecular weight is 311 g/mol. The lowest BCUT2D eigenvalue weighted by Gasteiger charge is -2.25. The van der Waals surface area contributed by atoms with Crippen LogP contribution in [0.15, 0.2) is 66.7 Å². The second-order valence-electron chi connectivity index (χ2n) is 7.17. The molecule has 0 saturated heterocycles. The second-order valence-corrected chi connectivity index (χ2v) is 7.17. The molecule has 24 heavy (non-hydrogen) atoms. The summed E-state index contributed by atoms with van der Waals surface area (Å²) in [7, 11) is 0. The minimum absolute atomic E-state index is 0.413. The molecule has 3 aromatic rings. The predicted octanol–water partition coefficient (Wildman–Crippen LogP) is 6.14. The molecule has 3 atom stereocenters. The fourth-order valence-electron chi connectivity index (χ4n) is 4.25. The highest BCUT2D eigenvalue weighted by Gasteiger charge is 2.39. The van der Waals surface area contributed by atoms with Crippen LogP contribution in [0.25, 0.3) is 0 Å². The minimum Gasteiger partial charge on any atom is -0.0590 e. The van der Waals surface area contributed by atoms with Crippen LogP contribution in [0.5, 0.6) is 0 Å². The van der Waals surface area contributed by atoms with Gasteiger partial charge < -0.3 is 0 Å². The molecule has 119 valence electrons. The van der Waals surface area contributed by atoms with Gasteiger partial charge in [-0.2, -0.15) is 0 Å². The SMILES string of the molecule is Cc1ccc(C2c3c[c]ccc3C(C)C2c2ccc(C)cc2)cc1. The fourth-order valence-corrected chi connectivity index (χ4v) is 4.25. The van der Waals surface area contributed by atoms with Gasteiger partial charge in [0.05, 0.1) is 0 Å². The Bertz CT molecular complexity index is 840. The summed E-state index contributed by atoms with van der Waals surface area (Å²) in [6, 6.07) is 28.0. The molecule has 0 saturated carbocycles. The molecule has 3 unspecified atom stereocenters. The Morgan fingerprint density at radius 1 is 0.708 bits per heavy atom. The molecule has 3 aromatic carbocycles. The maximum absolute atomic E-state index is 3.31. The lowest BCUT2D eigenvalue weighted by atomic mass is 9.78. The first-order valence-electron chi connectivity index (χ1n) is 8.78. The van der Waals surface area contributed by atoms with E-state index in [1.54, 1.807) is 0 Å². The van der Waals surface area contributed by atoms with Gasteiger partial charge in [0, 0.05) is 11.8 Å². The molecule has 0 aliphatic heterocycles. The van der Waals surface area contributed by atoms with Gasteiger partial charge in [0.25, 0.3) is 0 Å². The molecule has 0 N–H and O–H groups in total. The average Bonchev–Trinajstić information content (AvgIpc) is 2.90. The Hall–Kier alpha value is -2.34. The van der Waals surface area contributed by atoms with E-state index >= 15 is 0 Å². The van der Waals surface area contributed by atoms with Crippen molar-refractivity contribution >= 4 is 0 Å². The van der Waals surface area contributed by atoms with Crippen LogP contribution < -0.4 is 0 Å². The topological polar surface area (TPSA) is 0 Å². The summed E-state index contributed by atoms with van der Waals surface area (Å²) in [5.74, 6) is 1.42. The third-order valence-electron chi connectivity index (χ3n) is 5.55. The zero-order valence-electron chi connectivity index (χ0n) is 14.6. The number of aryl methyl sites for hydroxylation is 2. The first kappa shape index (κ1) is 15.2. The van der Waals surface area contributed by atoms with E-state index in [-0.39, 0.29) is 0 Å². The number of benzene rings is 3. The van der Waals surface area contributed by atoms with E-state index in [4.69, 9.17) is 0 Å². The highest BCUT2D eigenvalue weighted by molar-refractivity contribution is 5.51. The quantitative estimate of drug-likeness (QED) is 0.533. The van der Waals surface area contributed by atoms with E-state index in [0.717, 1.165) is 0 Å². The standard InChI is InChI=1S/C24H23/c1-16-8-12-19(13-9-16)23-18(3)21-6-4-5-7-22(21)24(23)20-14-10-17(2)11-15-20/h4,6-15,18,23-24H,1-3H3. The molecule has 0 bridgehead atoms. The Balaban J connectivity index is 1.87. The third kappa shape index (κ3) is 2.47. The first-order chi connectivity index (χ1) is 11.6. The minimum atomic E-state index is 0.413. The van der Waals surface area contributed by atoms with E-state index in [1.807, 2.05) is 0 Å².